The third-order valence-corrected chi connectivity index (χ3v) is 3.02. The highest BCUT2D eigenvalue weighted by Gasteiger charge is 2.09. The first-order valence-electron chi connectivity index (χ1n) is 4.68. The summed E-state index contributed by atoms with van der Waals surface area (Å²) in [6.45, 7) is 0. The van der Waals surface area contributed by atoms with E-state index in [9.17, 15) is 0 Å². The van der Waals surface area contributed by atoms with E-state index in [1.165, 1.54) is 11.3 Å². The van der Waals surface area contributed by atoms with E-state index in [4.69, 9.17) is 13.6 Å². The van der Waals surface area contributed by atoms with Crippen LogP contribution in [-0.4, -0.2) is 22.8 Å². The molecule has 0 aliphatic carbocycles. The van der Waals surface area contributed by atoms with Gasteiger partial charge in [-0.2, -0.15) is 0 Å². The molecule has 0 atom stereocenters. The van der Waals surface area contributed by atoms with Gasteiger partial charge in [-0.25, -0.2) is 9.97 Å². The van der Waals surface area contributed by atoms with Gasteiger partial charge in [0.25, 0.3) is 0 Å². The predicted molar refractivity (Wildman–Crippen MR) is 67.0 cm³/mol. The van der Waals surface area contributed by atoms with Crippen molar-refractivity contribution in [3.8, 4) is 11.3 Å². The van der Waals surface area contributed by atoms with Crippen molar-refractivity contribution in [3.63, 3.8) is 0 Å². The van der Waals surface area contributed by atoms with Gasteiger partial charge in [-0.1, -0.05) is 11.5 Å². The molecule has 0 spiro atoms. The van der Waals surface area contributed by atoms with Crippen LogP contribution in [-0.2, 0) is 0 Å². The number of fused-ring (bicyclic) bond motifs is 1. The lowest BCUT2D eigenvalue weighted by atomic mass is 9.97. The molecule has 0 amide bonds. The summed E-state index contributed by atoms with van der Waals surface area (Å²) in [5.41, 5.74) is 8.88. The first-order chi connectivity index (χ1) is 7.74. The number of aromatic nitrogens is 3. The molecule has 6 heteroatoms. The lowest BCUT2D eigenvalue weighted by Gasteiger charge is -1.95. The van der Waals surface area contributed by atoms with Crippen LogP contribution in [0.4, 0.5) is 5.13 Å². The number of hydrogen-bond donors (Lipinski definition) is 2. The van der Waals surface area contributed by atoms with Crippen molar-refractivity contribution in [2.75, 3.05) is 5.73 Å². The van der Waals surface area contributed by atoms with Gasteiger partial charge in [0, 0.05) is 28.7 Å². The van der Waals surface area contributed by atoms with Crippen molar-refractivity contribution in [2.45, 2.75) is 0 Å². The SMILES string of the molecule is [B]c1cnc2[nH]cc(-c3csc(N)n3)c2c1. The molecule has 3 rings (SSSR count). The summed E-state index contributed by atoms with van der Waals surface area (Å²) in [6.07, 6.45) is 3.49. The molecule has 2 radical (unpaired) electrons. The molecule has 0 unspecified atom stereocenters. The number of nitrogen functional groups attached to an aromatic ring is 1. The normalized spacial score (nSPS) is 11.0. The van der Waals surface area contributed by atoms with Gasteiger partial charge >= 0.3 is 0 Å². The first-order valence-corrected chi connectivity index (χ1v) is 5.56. The van der Waals surface area contributed by atoms with Gasteiger partial charge in [0.2, 0.25) is 0 Å². The zero-order valence-corrected chi connectivity index (χ0v) is 9.08. The van der Waals surface area contributed by atoms with Crippen molar-refractivity contribution in [2.24, 2.45) is 0 Å². The Kier molecular flexibility index (Phi) is 1.97. The Morgan fingerprint density at radius 2 is 2.31 bits per heavy atom. The molecule has 3 heterocycles. The van der Waals surface area contributed by atoms with Crippen molar-refractivity contribution >= 4 is 40.8 Å². The molecule has 4 nitrogen and oxygen atoms in total. The molecule has 0 saturated heterocycles. The van der Waals surface area contributed by atoms with Crippen molar-refractivity contribution in [3.05, 3.63) is 23.8 Å². The maximum absolute atomic E-state index is 5.72. The minimum Gasteiger partial charge on any atom is -0.375 e. The van der Waals surface area contributed by atoms with E-state index in [0.717, 1.165) is 22.3 Å². The van der Waals surface area contributed by atoms with Gasteiger partial charge in [-0.05, 0) is 0 Å². The second-order valence-electron chi connectivity index (χ2n) is 3.44. The van der Waals surface area contributed by atoms with E-state index in [-0.39, 0.29) is 0 Å². The maximum Gasteiger partial charge on any atom is 0.180 e. The van der Waals surface area contributed by atoms with E-state index in [0.29, 0.717) is 10.6 Å². The number of rotatable bonds is 1. The smallest absolute Gasteiger partial charge is 0.180 e. The summed E-state index contributed by atoms with van der Waals surface area (Å²) < 4.78 is 0. The Bertz CT molecular complexity index is 658. The van der Waals surface area contributed by atoms with Crippen LogP contribution in [0.1, 0.15) is 0 Å². The van der Waals surface area contributed by atoms with Gasteiger partial charge in [0.1, 0.15) is 13.5 Å². The zero-order valence-electron chi connectivity index (χ0n) is 8.27. The Balaban J connectivity index is 2.27. The number of nitrogens with zero attached hydrogens (tertiary/aromatic N) is 2. The van der Waals surface area contributed by atoms with Crippen LogP contribution in [0.25, 0.3) is 22.3 Å². The molecular formula is C10H7BN4S. The maximum atomic E-state index is 5.72. The zero-order chi connectivity index (χ0) is 11.1. The summed E-state index contributed by atoms with van der Waals surface area (Å²) >= 11 is 1.42. The number of hydrogen-bond acceptors (Lipinski definition) is 4. The van der Waals surface area contributed by atoms with Crippen molar-refractivity contribution in [1.29, 1.82) is 0 Å². The van der Waals surface area contributed by atoms with Gasteiger partial charge in [-0.3, -0.25) is 0 Å². The van der Waals surface area contributed by atoms with Crippen LogP contribution in [0, 0.1) is 0 Å². The second-order valence-corrected chi connectivity index (χ2v) is 4.33. The van der Waals surface area contributed by atoms with Crippen LogP contribution in [0.15, 0.2) is 23.8 Å². The van der Waals surface area contributed by atoms with E-state index in [1.54, 1.807) is 6.20 Å². The molecule has 0 bridgehead atoms. The third-order valence-electron chi connectivity index (χ3n) is 2.35. The van der Waals surface area contributed by atoms with E-state index < -0.39 is 0 Å². The molecule has 0 aromatic carbocycles. The van der Waals surface area contributed by atoms with Crippen LogP contribution >= 0.6 is 11.3 Å². The number of thiazole rings is 1. The highest BCUT2D eigenvalue weighted by Crippen LogP contribution is 2.28. The van der Waals surface area contributed by atoms with E-state index in [2.05, 4.69) is 15.0 Å². The largest absolute Gasteiger partial charge is 0.375 e. The molecule has 3 N–H and O–H groups in total. The number of H-pyrrole nitrogens is 1. The average Bonchev–Trinajstić information content (AvgIpc) is 2.83. The Labute approximate surface area is 97.0 Å². The summed E-state index contributed by atoms with van der Waals surface area (Å²) in [7, 11) is 5.72. The molecular weight excluding hydrogens is 219 g/mol. The summed E-state index contributed by atoms with van der Waals surface area (Å²) in [5.74, 6) is 0. The van der Waals surface area contributed by atoms with Gasteiger partial charge < -0.3 is 10.7 Å². The Hall–Kier alpha value is -1.82. The summed E-state index contributed by atoms with van der Waals surface area (Å²) in [4.78, 5) is 11.5. The monoisotopic (exact) mass is 226 g/mol. The first kappa shape index (κ1) is 9.41. The van der Waals surface area contributed by atoms with E-state index in [1.807, 2.05) is 17.6 Å². The lowest BCUT2D eigenvalue weighted by molar-refractivity contribution is 1.33. The van der Waals surface area contributed by atoms with Crippen molar-refractivity contribution in [1.82, 2.24) is 15.0 Å². The van der Waals surface area contributed by atoms with Gasteiger partial charge in [0.05, 0.1) is 5.69 Å². The quantitative estimate of drug-likeness (QED) is 0.609. The molecule has 0 aliphatic rings. The minimum absolute atomic E-state index is 0.557. The van der Waals surface area contributed by atoms with E-state index >= 15 is 0 Å². The molecule has 3 aromatic rings. The predicted octanol–water partition coefficient (Wildman–Crippen LogP) is 1.06. The van der Waals surface area contributed by atoms with Crippen LogP contribution in [0.3, 0.4) is 0 Å². The Morgan fingerprint density at radius 3 is 3.06 bits per heavy atom. The number of aromatic amines is 1. The standard InChI is InChI=1S/C10H7BN4S/c11-5-1-6-7(3-14-9(6)13-2-5)8-4-16-10(12)15-8/h1-4H,(H2,12,15)(H,13,14). The van der Waals surface area contributed by atoms with Gasteiger partial charge in [0.15, 0.2) is 5.13 Å². The number of pyridine rings is 1. The topological polar surface area (TPSA) is 67.6 Å². The van der Waals surface area contributed by atoms with Gasteiger partial charge in [-0.15, -0.1) is 11.3 Å². The molecule has 16 heavy (non-hydrogen) atoms. The summed E-state index contributed by atoms with van der Waals surface area (Å²) in [6, 6.07) is 1.88. The average molecular weight is 226 g/mol. The molecule has 3 aromatic heterocycles. The molecule has 0 aliphatic heterocycles. The fourth-order valence-electron chi connectivity index (χ4n) is 1.64. The molecule has 76 valence electrons. The molecule has 0 fully saturated rings. The van der Waals surface area contributed by atoms with Crippen molar-refractivity contribution < 1.29 is 0 Å². The fourth-order valence-corrected chi connectivity index (χ4v) is 2.21. The van der Waals surface area contributed by atoms with Crippen LogP contribution in [0.2, 0.25) is 0 Å². The second kappa shape index (κ2) is 3.35. The lowest BCUT2D eigenvalue weighted by Crippen LogP contribution is -2.01. The van der Waals surface area contributed by atoms with Crippen LogP contribution in [0.5, 0.6) is 0 Å². The highest BCUT2D eigenvalue weighted by atomic mass is 32.1. The van der Waals surface area contributed by atoms with Crippen LogP contribution < -0.4 is 11.2 Å². The summed E-state index contributed by atoms with van der Waals surface area (Å²) in [5, 5.41) is 3.44. The number of nitrogens with one attached hydrogen (secondary N) is 1. The Morgan fingerprint density at radius 1 is 1.44 bits per heavy atom. The fraction of sp³-hybridized carbons (Fsp3) is 0. The minimum atomic E-state index is 0.557. The third kappa shape index (κ3) is 1.38. The molecule has 0 saturated carbocycles. The highest BCUT2D eigenvalue weighted by molar-refractivity contribution is 7.13. The number of nitrogens with two attached hydrogens (primary N) is 1. The number of anilines is 1.